The molecule has 0 bridgehead atoms. The van der Waals surface area contributed by atoms with E-state index in [1.54, 1.807) is 44.2 Å². The van der Waals surface area contributed by atoms with Gasteiger partial charge in [0.05, 0.1) is 19.3 Å². The van der Waals surface area contributed by atoms with Crippen LogP contribution >= 0.6 is 0 Å². The number of ether oxygens (including phenoxy) is 5. The zero-order chi connectivity index (χ0) is 18.2. The first-order valence-corrected chi connectivity index (χ1v) is 7.90. The molecule has 2 N–H and O–H groups in total. The summed E-state index contributed by atoms with van der Waals surface area (Å²) in [5.74, 6) is -2.43. The largest absolute Gasteiger partial charge is 0.466 e. The van der Waals surface area contributed by atoms with Crippen LogP contribution in [0, 0.1) is 0 Å². The van der Waals surface area contributed by atoms with Gasteiger partial charge in [0.2, 0.25) is 0 Å². The molecule has 2 heterocycles. The van der Waals surface area contributed by atoms with Gasteiger partial charge in [-0.15, -0.1) is 0 Å². The van der Waals surface area contributed by atoms with Gasteiger partial charge in [0.15, 0.2) is 11.9 Å². The first-order valence-electron chi connectivity index (χ1n) is 7.90. The molecule has 2 aliphatic rings. The molecule has 0 aliphatic carbocycles. The van der Waals surface area contributed by atoms with Gasteiger partial charge in [0.25, 0.3) is 5.72 Å². The molecular weight excluding hydrogens is 330 g/mol. The summed E-state index contributed by atoms with van der Waals surface area (Å²) in [5, 5.41) is 0. The smallest absolute Gasteiger partial charge is 0.357 e. The Labute approximate surface area is 145 Å². The van der Waals surface area contributed by atoms with E-state index in [1.807, 2.05) is 0 Å². The Bertz CT molecular complexity index is 662. The van der Waals surface area contributed by atoms with Crippen molar-refractivity contribution in [2.75, 3.05) is 13.7 Å². The summed E-state index contributed by atoms with van der Waals surface area (Å²) in [4.78, 5) is 24.7. The zero-order valence-electron chi connectivity index (χ0n) is 14.3. The molecule has 0 saturated carbocycles. The average Bonchev–Trinajstić information content (AvgIpc) is 2.92. The second-order valence-electron chi connectivity index (χ2n) is 6.43. The number of benzene rings is 1. The van der Waals surface area contributed by atoms with Gasteiger partial charge in [-0.3, -0.25) is 5.73 Å². The Hall–Kier alpha value is -2.00. The average molecular weight is 351 g/mol. The van der Waals surface area contributed by atoms with E-state index in [0.29, 0.717) is 5.56 Å². The fourth-order valence-electron chi connectivity index (χ4n) is 3.04. The maximum atomic E-state index is 12.5. The van der Waals surface area contributed by atoms with Crippen LogP contribution in [0.15, 0.2) is 30.3 Å². The summed E-state index contributed by atoms with van der Waals surface area (Å²) in [6, 6.07) is 8.36. The van der Waals surface area contributed by atoms with E-state index in [9.17, 15) is 9.59 Å². The van der Waals surface area contributed by atoms with Crippen molar-refractivity contribution in [3.63, 3.8) is 0 Å². The topological polar surface area (TPSA) is 106 Å². The lowest BCUT2D eigenvalue weighted by atomic mass is 9.94. The first-order chi connectivity index (χ1) is 11.8. The highest BCUT2D eigenvalue weighted by Gasteiger charge is 2.61. The molecule has 136 valence electrons. The molecule has 2 aliphatic heterocycles. The third-order valence-corrected chi connectivity index (χ3v) is 4.18. The maximum absolute atomic E-state index is 12.5. The van der Waals surface area contributed by atoms with E-state index in [2.05, 4.69) is 0 Å². The molecule has 1 aromatic carbocycles. The molecular formula is C17H21NO7. The predicted octanol–water partition coefficient (Wildman–Crippen LogP) is 0.590. The number of nitrogens with two attached hydrogens (primary N) is 1. The van der Waals surface area contributed by atoms with Crippen molar-refractivity contribution in [3.05, 3.63) is 35.9 Å². The van der Waals surface area contributed by atoms with Gasteiger partial charge in [-0.1, -0.05) is 18.2 Å². The number of hydrogen-bond donors (Lipinski definition) is 1. The Balaban J connectivity index is 1.91. The van der Waals surface area contributed by atoms with Crippen LogP contribution in [0.1, 0.15) is 24.2 Å². The SMILES string of the molecule is COC(=O)C1(N)OC[C@H]2OC(C)(C)O[C@H]2[C@@H]1OC(=O)c1ccccc1. The standard InChI is InChI=1S/C17H21NO7/c1-16(2)24-11-9-22-17(18,15(20)21-3)13(12(11)25-16)23-14(19)10-7-5-4-6-8-10/h4-8,11-13H,9,18H2,1-3H3/t11-,12-,13+,17?/m1/s1. The lowest BCUT2D eigenvalue weighted by Crippen LogP contribution is -2.70. The summed E-state index contributed by atoms with van der Waals surface area (Å²) in [6.45, 7) is 3.45. The van der Waals surface area contributed by atoms with Gasteiger partial charge in [0.1, 0.15) is 12.2 Å². The number of fused-ring (bicyclic) bond motifs is 1. The minimum absolute atomic E-state index is 0.0130. The molecule has 8 heteroatoms. The molecule has 2 fully saturated rings. The molecule has 8 nitrogen and oxygen atoms in total. The van der Waals surface area contributed by atoms with Crippen LogP contribution in [0.4, 0.5) is 0 Å². The van der Waals surface area contributed by atoms with Crippen LogP contribution in [0.3, 0.4) is 0 Å². The van der Waals surface area contributed by atoms with Crippen molar-refractivity contribution < 1.29 is 33.3 Å². The number of carbonyl (C=O) groups is 2. The van der Waals surface area contributed by atoms with Gasteiger partial charge in [-0.05, 0) is 26.0 Å². The molecule has 2 saturated heterocycles. The quantitative estimate of drug-likeness (QED) is 0.789. The number of carbonyl (C=O) groups excluding carboxylic acids is 2. The Kier molecular flexibility index (Phi) is 4.54. The molecule has 3 rings (SSSR count). The van der Waals surface area contributed by atoms with Gasteiger partial charge in [-0.2, -0.15) is 0 Å². The molecule has 0 spiro atoms. The lowest BCUT2D eigenvalue weighted by molar-refractivity contribution is -0.223. The van der Waals surface area contributed by atoms with Gasteiger partial charge in [-0.25, -0.2) is 9.59 Å². The van der Waals surface area contributed by atoms with Crippen LogP contribution in [0.2, 0.25) is 0 Å². The molecule has 1 aromatic rings. The van der Waals surface area contributed by atoms with E-state index in [-0.39, 0.29) is 6.61 Å². The Morgan fingerprint density at radius 1 is 1.20 bits per heavy atom. The summed E-state index contributed by atoms with van der Waals surface area (Å²) < 4.78 is 27.3. The molecule has 0 radical (unpaired) electrons. The highest BCUT2D eigenvalue weighted by molar-refractivity contribution is 5.90. The van der Waals surface area contributed by atoms with Crippen molar-refractivity contribution in [3.8, 4) is 0 Å². The minimum atomic E-state index is -1.98. The van der Waals surface area contributed by atoms with E-state index in [0.717, 1.165) is 0 Å². The molecule has 0 amide bonds. The highest BCUT2D eigenvalue weighted by Crippen LogP contribution is 2.38. The Morgan fingerprint density at radius 3 is 2.52 bits per heavy atom. The fourth-order valence-corrected chi connectivity index (χ4v) is 3.04. The summed E-state index contributed by atoms with van der Waals surface area (Å²) in [5.41, 5.74) is 4.45. The van der Waals surface area contributed by atoms with Gasteiger partial charge < -0.3 is 23.7 Å². The number of esters is 2. The first kappa shape index (κ1) is 17.8. The normalized spacial score (nSPS) is 33.4. The van der Waals surface area contributed by atoms with Gasteiger partial charge >= 0.3 is 11.9 Å². The van der Waals surface area contributed by atoms with E-state index >= 15 is 0 Å². The van der Waals surface area contributed by atoms with Crippen LogP contribution in [0.5, 0.6) is 0 Å². The summed E-state index contributed by atoms with van der Waals surface area (Å²) in [7, 11) is 1.18. The zero-order valence-corrected chi connectivity index (χ0v) is 14.3. The molecule has 4 atom stereocenters. The molecule has 0 aromatic heterocycles. The summed E-state index contributed by atoms with van der Waals surface area (Å²) in [6.07, 6.45) is -2.52. The van der Waals surface area contributed by atoms with Crippen molar-refractivity contribution in [2.24, 2.45) is 5.73 Å². The van der Waals surface area contributed by atoms with E-state index in [1.165, 1.54) is 7.11 Å². The van der Waals surface area contributed by atoms with Crippen molar-refractivity contribution >= 4 is 11.9 Å². The maximum Gasteiger partial charge on any atom is 0.357 e. The van der Waals surface area contributed by atoms with Crippen LogP contribution in [-0.2, 0) is 28.5 Å². The second-order valence-corrected chi connectivity index (χ2v) is 6.43. The van der Waals surface area contributed by atoms with Crippen molar-refractivity contribution in [2.45, 2.75) is 43.7 Å². The van der Waals surface area contributed by atoms with E-state index < -0.39 is 41.8 Å². The minimum Gasteiger partial charge on any atom is -0.466 e. The van der Waals surface area contributed by atoms with Crippen molar-refractivity contribution in [1.82, 2.24) is 0 Å². The molecule has 1 unspecified atom stereocenters. The van der Waals surface area contributed by atoms with Crippen LogP contribution in [-0.4, -0.2) is 55.5 Å². The van der Waals surface area contributed by atoms with Crippen LogP contribution < -0.4 is 5.73 Å². The van der Waals surface area contributed by atoms with E-state index in [4.69, 9.17) is 29.4 Å². The highest BCUT2D eigenvalue weighted by atomic mass is 16.8. The number of rotatable bonds is 3. The Morgan fingerprint density at radius 2 is 1.88 bits per heavy atom. The van der Waals surface area contributed by atoms with Gasteiger partial charge in [0, 0.05) is 0 Å². The third kappa shape index (κ3) is 3.25. The van der Waals surface area contributed by atoms with Crippen molar-refractivity contribution in [1.29, 1.82) is 0 Å². The monoisotopic (exact) mass is 351 g/mol. The molecule has 25 heavy (non-hydrogen) atoms. The lowest BCUT2D eigenvalue weighted by Gasteiger charge is -2.41. The number of methoxy groups -OCH3 is 1. The predicted molar refractivity (Wildman–Crippen MR) is 84.4 cm³/mol. The third-order valence-electron chi connectivity index (χ3n) is 4.18. The fraction of sp³-hybridized carbons (Fsp3) is 0.529. The number of hydrogen-bond acceptors (Lipinski definition) is 8. The van der Waals surface area contributed by atoms with Crippen LogP contribution in [0.25, 0.3) is 0 Å². The second kappa shape index (κ2) is 6.38. The summed E-state index contributed by atoms with van der Waals surface area (Å²) >= 11 is 0.